The summed E-state index contributed by atoms with van der Waals surface area (Å²) in [5.74, 6) is 1.52. The second-order valence-corrected chi connectivity index (χ2v) is 6.54. The number of carbonyl (C=O) groups excluding carboxylic acids is 1. The lowest BCUT2D eigenvalue weighted by Crippen LogP contribution is -2.40. The lowest BCUT2D eigenvalue weighted by Gasteiger charge is -2.33. The second kappa shape index (κ2) is 5.45. The number of nitrogens with zero attached hydrogens (tertiary/aromatic N) is 1. The Balaban J connectivity index is 1.86. The molecule has 1 fully saturated rings. The fourth-order valence-electron chi connectivity index (χ4n) is 3.03. The van der Waals surface area contributed by atoms with E-state index in [1.807, 2.05) is 34.9 Å². The minimum Gasteiger partial charge on any atom is -0.399 e. The van der Waals surface area contributed by atoms with E-state index in [0.29, 0.717) is 5.91 Å². The predicted molar refractivity (Wildman–Crippen MR) is 80.5 cm³/mol. The topological polar surface area (TPSA) is 46.3 Å². The molecule has 102 valence electrons. The summed E-state index contributed by atoms with van der Waals surface area (Å²) in [5, 5.41) is 0. The van der Waals surface area contributed by atoms with Gasteiger partial charge in [-0.2, -0.15) is 0 Å². The maximum absolute atomic E-state index is 12.7. The first kappa shape index (κ1) is 12.9. The summed E-state index contributed by atoms with van der Waals surface area (Å²) in [6.07, 6.45) is 5.79. The van der Waals surface area contributed by atoms with Crippen LogP contribution >= 0.6 is 11.8 Å². The molecular formula is C15H20N2OS. The highest BCUT2D eigenvalue weighted by Gasteiger charge is 2.29. The number of anilines is 2. The first-order chi connectivity index (χ1) is 9.25. The van der Waals surface area contributed by atoms with Gasteiger partial charge >= 0.3 is 0 Å². The molecule has 4 heteroatoms. The number of nitrogen functional groups attached to an aromatic ring is 1. The first-order valence-electron chi connectivity index (χ1n) is 7.09. The summed E-state index contributed by atoms with van der Waals surface area (Å²) in [4.78, 5) is 15.9. The third-order valence-electron chi connectivity index (χ3n) is 4.07. The Morgan fingerprint density at radius 3 is 2.84 bits per heavy atom. The van der Waals surface area contributed by atoms with E-state index < -0.39 is 0 Å². The molecule has 1 aliphatic heterocycles. The van der Waals surface area contributed by atoms with Crippen molar-refractivity contribution in [2.45, 2.75) is 37.0 Å². The molecule has 1 aliphatic carbocycles. The Morgan fingerprint density at radius 2 is 2.05 bits per heavy atom. The van der Waals surface area contributed by atoms with Crippen molar-refractivity contribution in [3.63, 3.8) is 0 Å². The van der Waals surface area contributed by atoms with Gasteiger partial charge in [0.1, 0.15) is 0 Å². The van der Waals surface area contributed by atoms with Crippen molar-refractivity contribution < 1.29 is 4.79 Å². The number of carbonyl (C=O) groups is 1. The third kappa shape index (κ3) is 2.59. The van der Waals surface area contributed by atoms with Gasteiger partial charge in [0.05, 0.1) is 5.69 Å². The molecule has 1 aromatic carbocycles. The highest BCUT2D eigenvalue weighted by atomic mass is 32.2. The summed E-state index contributed by atoms with van der Waals surface area (Å²) in [7, 11) is 0. The number of benzene rings is 1. The van der Waals surface area contributed by atoms with E-state index in [9.17, 15) is 4.79 Å². The molecule has 2 aliphatic rings. The molecule has 2 N–H and O–H groups in total. The van der Waals surface area contributed by atoms with E-state index in [2.05, 4.69) is 0 Å². The minimum atomic E-state index is 0.228. The van der Waals surface area contributed by atoms with Crippen LogP contribution in [0.1, 0.15) is 32.1 Å². The monoisotopic (exact) mass is 276 g/mol. The summed E-state index contributed by atoms with van der Waals surface area (Å²) >= 11 is 1.82. The van der Waals surface area contributed by atoms with E-state index in [4.69, 9.17) is 5.73 Å². The molecule has 0 saturated heterocycles. The smallest absolute Gasteiger partial charge is 0.230 e. The number of amides is 1. The Morgan fingerprint density at radius 1 is 1.26 bits per heavy atom. The maximum Gasteiger partial charge on any atom is 0.230 e. The van der Waals surface area contributed by atoms with Crippen molar-refractivity contribution in [3.8, 4) is 0 Å². The van der Waals surface area contributed by atoms with Gasteiger partial charge < -0.3 is 10.6 Å². The van der Waals surface area contributed by atoms with E-state index in [1.165, 1.54) is 24.2 Å². The number of hydrogen-bond acceptors (Lipinski definition) is 3. The molecule has 0 spiro atoms. The SMILES string of the molecule is Nc1ccc2c(c1)N(C(=O)C1CCCCC1)CCS2. The Labute approximate surface area is 118 Å². The lowest BCUT2D eigenvalue weighted by atomic mass is 9.88. The Bertz CT molecular complexity index is 483. The fraction of sp³-hybridized carbons (Fsp3) is 0.533. The summed E-state index contributed by atoms with van der Waals surface area (Å²) in [6, 6.07) is 5.90. The van der Waals surface area contributed by atoms with Crippen LogP contribution in [0.25, 0.3) is 0 Å². The normalized spacial score (nSPS) is 20.1. The second-order valence-electron chi connectivity index (χ2n) is 5.40. The fourth-order valence-corrected chi connectivity index (χ4v) is 4.01. The Kier molecular flexibility index (Phi) is 3.69. The van der Waals surface area contributed by atoms with Gasteiger partial charge in [-0.15, -0.1) is 11.8 Å². The minimum absolute atomic E-state index is 0.228. The van der Waals surface area contributed by atoms with Gasteiger partial charge in [-0.05, 0) is 31.0 Å². The van der Waals surface area contributed by atoms with E-state index >= 15 is 0 Å². The largest absolute Gasteiger partial charge is 0.399 e. The number of fused-ring (bicyclic) bond motifs is 1. The van der Waals surface area contributed by atoms with Crippen LogP contribution in [0.5, 0.6) is 0 Å². The van der Waals surface area contributed by atoms with Crippen LogP contribution < -0.4 is 10.6 Å². The van der Waals surface area contributed by atoms with E-state index in [1.54, 1.807) is 0 Å². The number of rotatable bonds is 1. The number of nitrogens with two attached hydrogens (primary N) is 1. The molecule has 0 unspecified atom stereocenters. The van der Waals surface area contributed by atoms with Crippen molar-refractivity contribution in [2.75, 3.05) is 22.9 Å². The zero-order chi connectivity index (χ0) is 13.2. The molecule has 19 heavy (non-hydrogen) atoms. The van der Waals surface area contributed by atoms with Crippen molar-refractivity contribution in [2.24, 2.45) is 5.92 Å². The predicted octanol–water partition coefficient (Wildman–Crippen LogP) is 3.29. The average Bonchev–Trinajstić information content (AvgIpc) is 2.47. The summed E-state index contributed by atoms with van der Waals surface area (Å²) in [5.41, 5.74) is 7.63. The zero-order valence-corrected chi connectivity index (χ0v) is 11.9. The molecule has 0 aromatic heterocycles. The van der Waals surface area contributed by atoms with Crippen LogP contribution in [0.3, 0.4) is 0 Å². The van der Waals surface area contributed by atoms with Crippen LogP contribution in [-0.2, 0) is 4.79 Å². The highest BCUT2D eigenvalue weighted by Crippen LogP contribution is 2.38. The lowest BCUT2D eigenvalue weighted by molar-refractivity contribution is -0.123. The van der Waals surface area contributed by atoms with Crippen LogP contribution in [0.2, 0.25) is 0 Å². The van der Waals surface area contributed by atoms with Gasteiger partial charge in [-0.3, -0.25) is 4.79 Å². The van der Waals surface area contributed by atoms with Crippen molar-refractivity contribution in [1.29, 1.82) is 0 Å². The third-order valence-corrected chi connectivity index (χ3v) is 5.11. The van der Waals surface area contributed by atoms with Crippen LogP contribution in [0.15, 0.2) is 23.1 Å². The summed E-state index contributed by atoms with van der Waals surface area (Å²) < 4.78 is 0. The number of thioether (sulfide) groups is 1. The standard InChI is InChI=1S/C15H20N2OS/c16-12-6-7-14-13(10-12)17(8-9-19-14)15(18)11-4-2-1-3-5-11/h6-7,10-11H,1-5,8-9,16H2. The van der Waals surface area contributed by atoms with Gasteiger partial charge in [-0.1, -0.05) is 19.3 Å². The molecule has 3 nitrogen and oxygen atoms in total. The number of hydrogen-bond donors (Lipinski definition) is 1. The molecule has 1 aromatic rings. The van der Waals surface area contributed by atoms with Gasteiger partial charge in [0.15, 0.2) is 0 Å². The highest BCUT2D eigenvalue weighted by molar-refractivity contribution is 7.99. The van der Waals surface area contributed by atoms with Crippen LogP contribution in [0, 0.1) is 5.92 Å². The van der Waals surface area contributed by atoms with Crippen LogP contribution in [0.4, 0.5) is 11.4 Å². The molecule has 0 atom stereocenters. The molecule has 1 heterocycles. The molecule has 0 radical (unpaired) electrons. The van der Waals surface area contributed by atoms with Crippen molar-refractivity contribution in [1.82, 2.24) is 0 Å². The van der Waals surface area contributed by atoms with E-state index in [0.717, 1.165) is 36.5 Å². The van der Waals surface area contributed by atoms with Crippen molar-refractivity contribution in [3.05, 3.63) is 18.2 Å². The van der Waals surface area contributed by atoms with Gasteiger partial charge in [0, 0.05) is 28.8 Å². The van der Waals surface area contributed by atoms with Gasteiger partial charge in [-0.25, -0.2) is 0 Å². The average molecular weight is 276 g/mol. The first-order valence-corrected chi connectivity index (χ1v) is 8.08. The van der Waals surface area contributed by atoms with Crippen molar-refractivity contribution >= 4 is 29.0 Å². The quantitative estimate of drug-likeness (QED) is 0.801. The van der Waals surface area contributed by atoms with Gasteiger partial charge in [0.2, 0.25) is 5.91 Å². The molecule has 0 bridgehead atoms. The molecular weight excluding hydrogens is 256 g/mol. The van der Waals surface area contributed by atoms with E-state index in [-0.39, 0.29) is 5.92 Å². The molecule has 1 amide bonds. The molecule has 3 rings (SSSR count). The van der Waals surface area contributed by atoms with Gasteiger partial charge in [0.25, 0.3) is 0 Å². The molecule has 1 saturated carbocycles. The maximum atomic E-state index is 12.7. The zero-order valence-electron chi connectivity index (χ0n) is 11.1. The summed E-state index contributed by atoms with van der Waals surface area (Å²) in [6.45, 7) is 0.816. The van der Waals surface area contributed by atoms with Crippen LogP contribution in [-0.4, -0.2) is 18.2 Å². The Hall–Kier alpha value is -1.16.